The molecule has 0 atom stereocenters. The van der Waals surface area contributed by atoms with Gasteiger partial charge >= 0.3 is 0 Å². The number of imidazole rings is 1. The van der Waals surface area contributed by atoms with Gasteiger partial charge in [0.2, 0.25) is 0 Å². The smallest absolute Gasteiger partial charge is 0.230 e. The van der Waals surface area contributed by atoms with Crippen molar-refractivity contribution in [3.63, 3.8) is 0 Å². The van der Waals surface area contributed by atoms with Gasteiger partial charge in [0.05, 0.1) is 12.1 Å². The maximum absolute atomic E-state index is 2.50. The van der Waals surface area contributed by atoms with Crippen molar-refractivity contribution in [2.75, 3.05) is 5.75 Å². The monoisotopic (exact) mass is 555 g/mol. The molecule has 0 aliphatic carbocycles. The van der Waals surface area contributed by atoms with Crippen LogP contribution in [0.25, 0.3) is 11.4 Å². The Morgan fingerprint density at radius 1 is 0.564 bits per heavy atom. The maximum atomic E-state index is 2.50. The number of aryl methyl sites for hydroxylation is 1. The van der Waals surface area contributed by atoms with E-state index in [0.29, 0.717) is 0 Å². The first-order chi connectivity index (χ1) is 19.4. The van der Waals surface area contributed by atoms with Gasteiger partial charge in [-0.3, -0.25) is 0 Å². The molecule has 1 heterocycles. The minimum absolute atomic E-state index is 1.06. The minimum Gasteiger partial charge on any atom is -0.230 e. The van der Waals surface area contributed by atoms with Crippen LogP contribution >= 0.6 is 11.8 Å². The molecular formula is C36H63N2S+. The van der Waals surface area contributed by atoms with Crippen LogP contribution in [-0.2, 0) is 12.4 Å². The van der Waals surface area contributed by atoms with E-state index in [1.54, 1.807) is 0 Å². The third kappa shape index (κ3) is 16.6. The predicted octanol–water partition coefficient (Wildman–Crippen LogP) is 11.8. The molecule has 0 fully saturated rings. The highest BCUT2D eigenvalue weighted by Crippen LogP contribution is 2.19. The Morgan fingerprint density at radius 2 is 1.03 bits per heavy atom. The fourth-order valence-electron chi connectivity index (χ4n) is 5.65. The van der Waals surface area contributed by atoms with Crippen LogP contribution in [0.15, 0.2) is 42.7 Å². The van der Waals surface area contributed by atoms with Crippen molar-refractivity contribution in [3.8, 4) is 11.4 Å². The van der Waals surface area contributed by atoms with Gasteiger partial charge in [-0.2, -0.15) is 0 Å². The Morgan fingerprint density at radius 3 is 1.54 bits per heavy atom. The van der Waals surface area contributed by atoms with Gasteiger partial charge in [0.25, 0.3) is 5.82 Å². The molecule has 0 spiro atoms. The second-order valence-corrected chi connectivity index (χ2v) is 12.8. The van der Waals surface area contributed by atoms with E-state index < -0.39 is 0 Å². The number of nitrogens with zero attached hydrogens (tertiary/aromatic N) is 2. The predicted molar refractivity (Wildman–Crippen MR) is 175 cm³/mol. The molecular weight excluding hydrogens is 492 g/mol. The number of unbranched alkanes of at least 4 members (excludes halogenated alkanes) is 20. The molecule has 0 amide bonds. The maximum Gasteiger partial charge on any atom is 0.289 e. The zero-order valence-corrected chi connectivity index (χ0v) is 26.8. The van der Waals surface area contributed by atoms with Crippen LogP contribution < -0.4 is 4.57 Å². The number of benzene rings is 1. The van der Waals surface area contributed by atoms with Crippen LogP contribution in [0, 0.1) is 0 Å². The average Bonchev–Trinajstić information content (AvgIpc) is 3.37. The van der Waals surface area contributed by atoms with E-state index in [1.807, 2.05) is 0 Å². The second-order valence-electron chi connectivity index (χ2n) is 11.8. The van der Waals surface area contributed by atoms with Crippen molar-refractivity contribution in [2.45, 2.75) is 168 Å². The summed E-state index contributed by atoms with van der Waals surface area (Å²) in [4.78, 5) is 0. The first-order valence-electron chi connectivity index (χ1n) is 17.1. The minimum atomic E-state index is 1.06. The first-order valence-corrected chi connectivity index (χ1v) is 18.2. The fourth-order valence-corrected chi connectivity index (χ4v) is 6.59. The summed E-state index contributed by atoms with van der Waals surface area (Å²) in [6, 6.07) is 11.0. The largest absolute Gasteiger partial charge is 0.289 e. The standard InChI is InChI=1S/C36H63N2S/c1-3-5-7-9-11-13-15-16-18-20-22-27-33-39-34-38-32-31-37(36(38)35-28-24-23-25-29-35)30-26-21-19-17-14-12-10-8-6-4-2/h23-25,28-29,31-32H,3-22,26-27,30,33-34H2,1-2H3/q+1. The van der Waals surface area contributed by atoms with Crippen LogP contribution in [-0.4, -0.2) is 10.3 Å². The van der Waals surface area contributed by atoms with Crippen molar-refractivity contribution in [3.05, 3.63) is 42.7 Å². The zero-order chi connectivity index (χ0) is 27.6. The van der Waals surface area contributed by atoms with Crippen LogP contribution in [0.3, 0.4) is 0 Å². The number of hydrogen-bond acceptors (Lipinski definition) is 1. The summed E-state index contributed by atoms with van der Waals surface area (Å²) < 4.78 is 4.99. The lowest BCUT2D eigenvalue weighted by atomic mass is 10.1. The van der Waals surface area contributed by atoms with Crippen molar-refractivity contribution in [1.29, 1.82) is 0 Å². The molecule has 2 rings (SSSR count). The van der Waals surface area contributed by atoms with E-state index in [4.69, 9.17) is 0 Å². The van der Waals surface area contributed by atoms with Crippen molar-refractivity contribution < 1.29 is 4.57 Å². The molecule has 0 N–H and O–H groups in total. The Balaban J connectivity index is 1.60. The van der Waals surface area contributed by atoms with Gasteiger partial charge in [-0.15, -0.1) is 11.8 Å². The zero-order valence-electron chi connectivity index (χ0n) is 26.0. The molecule has 0 aliphatic heterocycles. The highest BCUT2D eigenvalue weighted by Gasteiger charge is 2.18. The number of hydrogen-bond donors (Lipinski definition) is 0. The molecule has 39 heavy (non-hydrogen) atoms. The Hall–Kier alpha value is -1.22. The summed E-state index contributed by atoms with van der Waals surface area (Å²) in [7, 11) is 0. The van der Waals surface area contributed by atoms with Crippen molar-refractivity contribution in [1.82, 2.24) is 4.57 Å². The number of aromatic nitrogens is 2. The van der Waals surface area contributed by atoms with Crippen LogP contribution in [0.5, 0.6) is 0 Å². The normalized spacial score (nSPS) is 11.4. The third-order valence-electron chi connectivity index (χ3n) is 8.13. The molecule has 2 aromatic rings. The summed E-state index contributed by atoms with van der Waals surface area (Å²) in [6.45, 7) is 5.74. The van der Waals surface area contributed by atoms with Gasteiger partial charge in [0.15, 0.2) is 0 Å². The van der Waals surface area contributed by atoms with E-state index in [0.717, 1.165) is 12.4 Å². The highest BCUT2D eigenvalue weighted by molar-refractivity contribution is 7.98. The summed E-state index contributed by atoms with van der Waals surface area (Å²) in [5, 5.41) is 0. The topological polar surface area (TPSA) is 8.81 Å². The molecule has 0 radical (unpaired) electrons. The Labute approximate surface area is 247 Å². The molecule has 1 aromatic carbocycles. The van der Waals surface area contributed by atoms with Crippen LogP contribution in [0.1, 0.15) is 155 Å². The average molecular weight is 556 g/mol. The third-order valence-corrected chi connectivity index (χ3v) is 9.17. The molecule has 2 nitrogen and oxygen atoms in total. The summed E-state index contributed by atoms with van der Waals surface area (Å²) in [5.74, 6) is 3.73. The van der Waals surface area contributed by atoms with E-state index in [-0.39, 0.29) is 0 Å². The molecule has 0 aliphatic rings. The molecule has 0 unspecified atom stereocenters. The molecule has 0 bridgehead atoms. The van der Waals surface area contributed by atoms with Crippen molar-refractivity contribution >= 4 is 11.8 Å². The molecule has 3 heteroatoms. The second kappa shape index (κ2) is 24.6. The lowest BCUT2D eigenvalue weighted by molar-refractivity contribution is -0.664. The van der Waals surface area contributed by atoms with Crippen LogP contribution in [0.2, 0.25) is 0 Å². The molecule has 0 saturated carbocycles. The van der Waals surface area contributed by atoms with Gasteiger partial charge in [0, 0.05) is 0 Å². The quantitative estimate of drug-likeness (QED) is 0.0786. The summed E-state index contributed by atoms with van der Waals surface area (Å²) >= 11 is 2.10. The van der Waals surface area contributed by atoms with E-state index in [1.165, 1.54) is 158 Å². The Kier molecular flexibility index (Phi) is 21.4. The summed E-state index contributed by atoms with van der Waals surface area (Å²) in [5.41, 5.74) is 1.35. The molecule has 222 valence electrons. The number of rotatable bonds is 27. The first kappa shape index (κ1) is 34.0. The SMILES string of the molecule is CCCCCCCCCCCCCCSC[n+]1ccn(CCCCCCCCCCCC)c1-c1ccccc1. The van der Waals surface area contributed by atoms with E-state index in [9.17, 15) is 0 Å². The van der Waals surface area contributed by atoms with Gasteiger partial charge in [-0.1, -0.05) is 154 Å². The van der Waals surface area contributed by atoms with E-state index in [2.05, 4.69) is 77.5 Å². The molecule has 0 saturated heterocycles. The van der Waals surface area contributed by atoms with Crippen LogP contribution in [0.4, 0.5) is 0 Å². The van der Waals surface area contributed by atoms with Crippen molar-refractivity contribution in [2.24, 2.45) is 0 Å². The van der Waals surface area contributed by atoms with Gasteiger partial charge in [-0.05, 0) is 37.1 Å². The fraction of sp³-hybridized carbons (Fsp3) is 0.750. The van der Waals surface area contributed by atoms with E-state index >= 15 is 0 Å². The Bertz CT molecular complexity index is 785. The number of thioether (sulfide) groups is 1. The summed E-state index contributed by atoms with van der Waals surface area (Å²) in [6.07, 6.45) is 35.7. The molecule has 1 aromatic heterocycles. The lowest BCUT2D eigenvalue weighted by Gasteiger charge is -2.07. The highest BCUT2D eigenvalue weighted by atomic mass is 32.2. The lowest BCUT2D eigenvalue weighted by Crippen LogP contribution is -2.33. The van der Waals surface area contributed by atoms with Gasteiger partial charge in [-0.25, -0.2) is 9.13 Å². The van der Waals surface area contributed by atoms with Gasteiger partial charge in [0.1, 0.15) is 18.3 Å². The van der Waals surface area contributed by atoms with Gasteiger partial charge < -0.3 is 0 Å².